The molecule has 0 saturated carbocycles. The Morgan fingerprint density at radius 3 is 2.65 bits per heavy atom. The van der Waals surface area contributed by atoms with Crippen LogP contribution in [0.25, 0.3) is 0 Å². The fourth-order valence-corrected chi connectivity index (χ4v) is 3.99. The molecular weight excluding hydrogens is 354 g/mol. The molecule has 0 radical (unpaired) electrons. The Hall–Kier alpha value is -2.41. The van der Waals surface area contributed by atoms with E-state index >= 15 is 0 Å². The first-order valence-corrected chi connectivity index (χ1v) is 9.21. The van der Waals surface area contributed by atoms with Crippen LogP contribution >= 0.6 is 11.3 Å². The molecule has 1 N–H and O–H groups in total. The number of hydrogen-bond donors (Lipinski definition) is 1. The largest absolute Gasteiger partial charge is 0.379 e. The predicted molar refractivity (Wildman–Crippen MR) is 99.6 cm³/mol. The number of anilines is 1. The first kappa shape index (κ1) is 18.4. The zero-order chi connectivity index (χ0) is 18.7. The van der Waals surface area contributed by atoms with Crippen molar-refractivity contribution < 1.29 is 4.74 Å². The van der Waals surface area contributed by atoms with E-state index in [9.17, 15) is 14.9 Å². The SMILES string of the molecule is Cn1c(NC[C@H](c2cccs2)N2CCOCC2)c(C#N)c(=O)n(C)c1=O. The molecule has 26 heavy (non-hydrogen) atoms. The lowest BCUT2D eigenvalue weighted by atomic mass is 10.2. The molecule has 0 unspecified atom stereocenters. The van der Waals surface area contributed by atoms with Crippen molar-refractivity contribution in [1.29, 1.82) is 5.26 Å². The highest BCUT2D eigenvalue weighted by molar-refractivity contribution is 7.10. The van der Waals surface area contributed by atoms with Gasteiger partial charge in [0.1, 0.15) is 11.9 Å². The molecule has 0 bridgehead atoms. The van der Waals surface area contributed by atoms with Gasteiger partial charge in [-0.2, -0.15) is 5.26 Å². The number of nitrogens with one attached hydrogen (secondary N) is 1. The molecule has 8 nitrogen and oxygen atoms in total. The Balaban J connectivity index is 1.92. The summed E-state index contributed by atoms with van der Waals surface area (Å²) in [7, 11) is 2.93. The van der Waals surface area contributed by atoms with Crippen LogP contribution in [-0.4, -0.2) is 46.9 Å². The Morgan fingerprint density at radius 1 is 1.31 bits per heavy atom. The molecule has 2 aromatic rings. The number of ether oxygens (including phenoxy) is 1. The fourth-order valence-electron chi connectivity index (χ4n) is 3.12. The number of nitrogens with zero attached hydrogens (tertiary/aromatic N) is 4. The Labute approximate surface area is 154 Å². The van der Waals surface area contributed by atoms with Crippen LogP contribution < -0.4 is 16.6 Å². The second kappa shape index (κ2) is 7.86. The van der Waals surface area contributed by atoms with E-state index in [0.717, 1.165) is 17.7 Å². The van der Waals surface area contributed by atoms with Crippen LogP contribution in [0.4, 0.5) is 5.82 Å². The van der Waals surface area contributed by atoms with Crippen molar-refractivity contribution in [2.75, 3.05) is 38.2 Å². The summed E-state index contributed by atoms with van der Waals surface area (Å²) in [5, 5.41) is 14.6. The summed E-state index contributed by atoms with van der Waals surface area (Å²) in [4.78, 5) is 27.9. The van der Waals surface area contributed by atoms with E-state index in [1.54, 1.807) is 18.4 Å². The van der Waals surface area contributed by atoms with E-state index in [2.05, 4.69) is 16.3 Å². The molecule has 0 spiro atoms. The Bertz CT molecular complexity index is 920. The molecule has 2 aromatic heterocycles. The van der Waals surface area contributed by atoms with Gasteiger partial charge in [0.25, 0.3) is 5.56 Å². The standard InChI is InChI=1S/C17H21N5O3S/c1-20-15(12(10-18)16(23)21(2)17(20)24)19-11-13(14-4-3-9-26-14)22-5-7-25-8-6-22/h3-4,9,13,19H,5-8,11H2,1-2H3/t13-/m1/s1. The summed E-state index contributed by atoms with van der Waals surface area (Å²) in [6.45, 7) is 3.46. The van der Waals surface area contributed by atoms with Gasteiger partial charge in [0.05, 0.1) is 19.3 Å². The van der Waals surface area contributed by atoms with Gasteiger partial charge in [-0.3, -0.25) is 18.8 Å². The minimum atomic E-state index is -0.586. The quantitative estimate of drug-likeness (QED) is 0.818. The van der Waals surface area contributed by atoms with Gasteiger partial charge in [-0.25, -0.2) is 4.79 Å². The number of morpholine rings is 1. The van der Waals surface area contributed by atoms with E-state index in [1.807, 2.05) is 17.5 Å². The maximum absolute atomic E-state index is 12.2. The van der Waals surface area contributed by atoms with Crippen LogP contribution in [0.15, 0.2) is 27.1 Å². The normalized spacial score (nSPS) is 16.2. The van der Waals surface area contributed by atoms with Gasteiger partial charge >= 0.3 is 5.69 Å². The van der Waals surface area contributed by atoms with Crippen LogP contribution in [0.3, 0.4) is 0 Å². The van der Waals surface area contributed by atoms with Gasteiger partial charge < -0.3 is 10.1 Å². The molecule has 1 aliphatic rings. The summed E-state index contributed by atoms with van der Waals surface area (Å²) >= 11 is 1.66. The van der Waals surface area contributed by atoms with Crippen molar-refractivity contribution in [3.05, 3.63) is 48.8 Å². The lowest BCUT2D eigenvalue weighted by Gasteiger charge is -2.34. The molecular formula is C17H21N5O3S. The molecule has 0 aliphatic carbocycles. The topological polar surface area (TPSA) is 92.3 Å². The molecule has 1 saturated heterocycles. The predicted octanol–water partition coefficient (Wildman–Crippen LogP) is 0.503. The monoisotopic (exact) mass is 375 g/mol. The smallest absolute Gasteiger partial charge is 0.332 e. The van der Waals surface area contributed by atoms with E-state index in [1.165, 1.54) is 16.5 Å². The second-order valence-electron chi connectivity index (χ2n) is 6.10. The van der Waals surface area contributed by atoms with Crippen molar-refractivity contribution >= 4 is 17.2 Å². The second-order valence-corrected chi connectivity index (χ2v) is 7.08. The molecule has 1 aliphatic heterocycles. The maximum Gasteiger partial charge on any atom is 0.332 e. The molecule has 3 heterocycles. The minimum Gasteiger partial charge on any atom is -0.379 e. The highest BCUT2D eigenvalue weighted by Gasteiger charge is 2.24. The molecule has 138 valence electrons. The highest BCUT2D eigenvalue weighted by Crippen LogP contribution is 2.26. The number of thiophene rings is 1. The van der Waals surface area contributed by atoms with Crippen molar-refractivity contribution in [3.8, 4) is 6.07 Å². The van der Waals surface area contributed by atoms with Crippen LogP contribution in [-0.2, 0) is 18.8 Å². The molecule has 0 aromatic carbocycles. The van der Waals surface area contributed by atoms with Gasteiger partial charge in [0.2, 0.25) is 0 Å². The first-order chi connectivity index (χ1) is 12.5. The number of hydrogen-bond acceptors (Lipinski definition) is 7. The molecule has 0 amide bonds. The van der Waals surface area contributed by atoms with E-state index in [-0.39, 0.29) is 17.4 Å². The van der Waals surface area contributed by atoms with Crippen molar-refractivity contribution in [3.63, 3.8) is 0 Å². The molecule has 9 heteroatoms. The van der Waals surface area contributed by atoms with E-state index in [0.29, 0.717) is 19.8 Å². The van der Waals surface area contributed by atoms with Gasteiger partial charge in [0.15, 0.2) is 5.56 Å². The van der Waals surface area contributed by atoms with Crippen molar-refractivity contribution in [2.24, 2.45) is 14.1 Å². The van der Waals surface area contributed by atoms with Gasteiger partial charge in [-0.05, 0) is 11.4 Å². The molecule has 3 rings (SSSR count). The third-order valence-corrected chi connectivity index (χ3v) is 5.57. The summed E-state index contributed by atoms with van der Waals surface area (Å²) < 4.78 is 7.70. The Kier molecular flexibility index (Phi) is 5.56. The van der Waals surface area contributed by atoms with Crippen molar-refractivity contribution in [2.45, 2.75) is 6.04 Å². The van der Waals surface area contributed by atoms with Crippen LogP contribution in [0.2, 0.25) is 0 Å². The van der Waals surface area contributed by atoms with Gasteiger partial charge in [-0.15, -0.1) is 11.3 Å². The number of nitriles is 1. The van der Waals surface area contributed by atoms with Crippen molar-refractivity contribution in [1.82, 2.24) is 14.0 Å². The van der Waals surface area contributed by atoms with Crippen LogP contribution in [0, 0.1) is 11.3 Å². The van der Waals surface area contributed by atoms with Crippen LogP contribution in [0.1, 0.15) is 16.5 Å². The summed E-state index contributed by atoms with van der Waals surface area (Å²) in [5.41, 5.74) is -1.10. The summed E-state index contributed by atoms with van der Waals surface area (Å²) in [6, 6.07) is 6.07. The fraction of sp³-hybridized carbons (Fsp3) is 0.471. The maximum atomic E-state index is 12.2. The van der Waals surface area contributed by atoms with Gasteiger partial charge in [-0.1, -0.05) is 6.07 Å². The average molecular weight is 375 g/mol. The van der Waals surface area contributed by atoms with E-state index in [4.69, 9.17) is 4.74 Å². The zero-order valence-electron chi connectivity index (χ0n) is 14.8. The number of aromatic nitrogens is 2. The first-order valence-electron chi connectivity index (χ1n) is 8.33. The average Bonchev–Trinajstić information content (AvgIpc) is 3.19. The third-order valence-electron chi connectivity index (χ3n) is 4.60. The molecule has 1 atom stereocenters. The lowest BCUT2D eigenvalue weighted by molar-refractivity contribution is 0.0193. The zero-order valence-corrected chi connectivity index (χ0v) is 15.6. The lowest BCUT2D eigenvalue weighted by Crippen LogP contribution is -2.43. The third kappa shape index (κ3) is 3.44. The molecule has 1 fully saturated rings. The highest BCUT2D eigenvalue weighted by atomic mass is 32.1. The summed E-state index contributed by atoms with van der Waals surface area (Å²) in [5.74, 6) is 0.260. The van der Waals surface area contributed by atoms with E-state index < -0.39 is 11.2 Å². The van der Waals surface area contributed by atoms with Gasteiger partial charge in [0, 0.05) is 38.6 Å². The summed E-state index contributed by atoms with van der Waals surface area (Å²) in [6.07, 6.45) is 0. The number of rotatable bonds is 5. The minimum absolute atomic E-state index is 0.0542. The Morgan fingerprint density at radius 2 is 2.04 bits per heavy atom. The van der Waals surface area contributed by atoms with Crippen LogP contribution in [0.5, 0.6) is 0 Å².